The third-order valence-corrected chi connectivity index (χ3v) is 2.53. The zero-order valence-electron chi connectivity index (χ0n) is 10.4. The Bertz CT molecular complexity index is 421. The molecule has 100 valence electrons. The zero-order valence-corrected chi connectivity index (χ0v) is 10.4. The molecule has 5 heteroatoms. The summed E-state index contributed by atoms with van der Waals surface area (Å²) in [6.45, 7) is 1.88. The van der Waals surface area contributed by atoms with E-state index in [1.165, 1.54) is 12.1 Å². The fourth-order valence-electron chi connectivity index (χ4n) is 1.58. The van der Waals surface area contributed by atoms with Gasteiger partial charge in [0.05, 0.1) is 12.2 Å². The Kier molecular flexibility index (Phi) is 5.58. The number of hydrogen-bond donors (Lipinski definition) is 2. The number of carbonyl (C=O) groups is 1. The first-order valence-electron chi connectivity index (χ1n) is 5.90. The third kappa shape index (κ3) is 4.00. The maximum Gasteiger partial charge on any atom is 0.341 e. The molecule has 0 heterocycles. The van der Waals surface area contributed by atoms with Crippen LogP contribution in [0.5, 0.6) is 0 Å². The fourth-order valence-corrected chi connectivity index (χ4v) is 1.58. The largest absolute Gasteiger partial charge is 0.462 e. The molecule has 1 aromatic rings. The number of nitrogen functional groups attached to an aromatic ring is 1. The average Bonchev–Trinajstić information content (AvgIpc) is 2.33. The minimum atomic E-state index is -0.702. The van der Waals surface area contributed by atoms with Gasteiger partial charge < -0.3 is 15.6 Å². The number of aryl methyl sites for hydroxylation is 1. The highest BCUT2D eigenvalue weighted by molar-refractivity contribution is 5.91. The van der Waals surface area contributed by atoms with E-state index in [0.29, 0.717) is 24.1 Å². The first kappa shape index (κ1) is 14.4. The molecular weight excluding hydrogens is 237 g/mol. The number of rotatable bonds is 6. The number of esters is 1. The van der Waals surface area contributed by atoms with E-state index >= 15 is 0 Å². The molecule has 0 aliphatic rings. The first-order valence-corrected chi connectivity index (χ1v) is 5.90. The van der Waals surface area contributed by atoms with Crippen LogP contribution in [0, 0.1) is 12.7 Å². The number of unbranched alkanes of at least 4 members (excludes halogenated alkanes) is 2. The van der Waals surface area contributed by atoms with Gasteiger partial charge >= 0.3 is 5.97 Å². The second-order valence-electron chi connectivity index (χ2n) is 4.12. The van der Waals surface area contributed by atoms with Crippen LogP contribution in [0.3, 0.4) is 0 Å². The molecule has 0 radical (unpaired) electrons. The number of anilines is 1. The smallest absolute Gasteiger partial charge is 0.341 e. The number of nitrogens with two attached hydrogens (primary N) is 1. The summed E-state index contributed by atoms with van der Waals surface area (Å²) in [7, 11) is 0. The molecule has 0 unspecified atom stereocenters. The lowest BCUT2D eigenvalue weighted by Gasteiger charge is -2.08. The van der Waals surface area contributed by atoms with E-state index in [9.17, 15) is 9.18 Å². The van der Waals surface area contributed by atoms with Crippen molar-refractivity contribution >= 4 is 11.7 Å². The number of ether oxygens (including phenoxy) is 1. The van der Waals surface area contributed by atoms with Crippen molar-refractivity contribution in [1.82, 2.24) is 0 Å². The van der Waals surface area contributed by atoms with Crippen LogP contribution < -0.4 is 5.73 Å². The Balaban J connectivity index is 2.56. The van der Waals surface area contributed by atoms with Crippen molar-refractivity contribution in [2.75, 3.05) is 18.9 Å². The minimum absolute atomic E-state index is 0.122. The van der Waals surface area contributed by atoms with E-state index in [1.54, 1.807) is 6.92 Å². The van der Waals surface area contributed by atoms with Gasteiger partial charge in [-0.25, -0.2) is 9.18 Å². The molecule has 0 fully saturated rings. The normalized spacial score (nSPS) is 10.4. The average molecular weight is 255 g/mol. The summed E-state index contributed by atoms with van der Waals surface area (Å²) in [6, 6.07) is 2.74. The molecule has 0 saturated carbocycles. The van der Waals surface area contributed by atoms with Crippen molar-refractivity contribution in [3.05, 3.63) is 29.1 Å². The predicted molar refractivity (Wildman–Crippen MR) is 66.8 cm³/mol. The quantitative estimate of drug-likeness (QED) is 0.463. The summed E-state index contributed by atoms with van der Waals surface area (Å²) < 4.78 is 18.6. The van der Waals surface area contributed by atoms with Gasteiger partial charge in [-0.3, -0.25) is 0 Å². The molecule has 3 N–H and O–H groups in total. The van der Waals surface area contributed by atoms with Crippen molar-refractivity contribution in [3.63, 3.8) is 0 Å². The summed E-state index contributed by atoms with van der Waals surface area (Å²) in [4.78, 5) is 11.6. The fraction of sp³-hybridized carbons (Fsp3) is 0.462. The molecule has 0 spiro atoms. The Labute approximate surface area is 106 Å². The lowest BCUT2D eigenvalue weighted by atomic mass is 10.1. The first-order chi connectivity index (χ1) is 8.56. The van der Waals surface area contributed by atoms with Gasteiger partial charge in [-0.15, -0.1) is 0 Å². The topological polar surface area (TPSA) is 72.6 Å². The van der Waals surface area contributed by atoms with Gasteiger partial charge in [-0.2, -0.15) is 0 Å². The highest BCUT2D eigenvalue weighted by atomic mass is 19.1. The summed E-state index contributed by atoms with van der Waals surface area (Å²) in [6.07, 6.45) is 2.08. The zero-order chi connectivity index (χ0) is 13.5. The van der Waals surface area contributed by atoms with Crippen LogP contribution in [0.1, 0.15) is 35.2 Å². The molecule has 0 saturated heterocycles. The third-order valence-electron chi connectivity index (χ3n) is 2.53. The van der Waals surface area contributed by atoms with E-state index < -0.39 is 11.8 Å². The number of hydrogen-bond acceptors (Lipinski definition) is 4. The molecule has 1 aromatic carbocycles. The Morgan fingerprint density at radius 2 is 2.11 bits per heavy atom. The molecule has 0 aliphatic carbocycles. The van der Waals surface area contributed by atoms with Crippen LogP contribution in [0.15, 0.2) is 12.1 Å². The van der Waals surface area contributed by atoms with Crippen molar-refractivity contribution in [1.29, 1.82) is 0 Å². The van der Waals surface area contributed by atoms with E-state index in [1.807, 2.05) is 0 Å². The van der Waals surface area contributed by atoms with Crippen LogP contribution in [0.25, 0.3) is 0 Å². The van der Waals surface area contributed by atoms with Crippen molar-refractivity contribution in [2.45, 2.75) is 26.2 Å². The number of carbonyl (C=O) groups excluding carboxylic acids is 1. The highest BCUT2D eigenvalue weighted by Gasteiger charge is 2.15. The highest BCUT2D eigenvalue weighted by Crippen LogP contribution is 2.18. The molecule has 0 bridgehead atoms. The molecule has 18 heavy (non-hydrogen) atoms. The summed E-state index contributed by atoms with van der Waals surface area (Å²) >= 11 is 0. The van der Waals surface area contributed by atoms with Crippen LogP contribution in [-0.2, 0) is 4.74 Å². The van der Waals surface area contributed by atoms with E-state index in [4.69, 9.17) is 15.6 Å². The molecule has 0 atom stereocenters. The van der Waals surface area contributed by atoms with Gasteiger partial charge in [-0.1, -0.05) is 0 Å². The second-order valence-corrected chi connectivity index (χ2v) is 4.12. The molecular formula is C13H18FNO3. The van der Waals surface area contributed by atoms with Crippen molar-refractivity contribution in [3.8, 4) is 0 Å². The number of benzene rings is 1. The molecule has 0 aromatic heterocycles. The van der Waals surface area contributed by atoms with Crippen molar-refractivity contribution in [2.24, 2.45) is 0 Å². The van der Waals surface area contributed by atoms with E-state index in [0.717, 1.165) is 6.42 Å². The molecule has 0 amide bonds. The van der Waals surface area contributed by atoms with Crippen LogP contribution in [0.4, 0.5) is 10.1 Å². The van der Waals surface area contributed by atoms with Crippen LogP contribution >= 0.6 is 0 Å². The predicted octanol–water partition coefficient (Wildman–Crippen LogP) is 2.04. The van der Waals surface area contributed by atoms with Crippen LogP contribution in [0.2, 0.25) is 0 Å². The standard InChI is InChI=1S/C13H18FNO3/c1-9-7-10(15)8-11(12(9)14)13(17)18-6-4-2-3-5-16/h7-8,16H,2-6,15H2,1H3. The van der Waals surface area contributed by atoms with Gasteiger partial charge in [0.25, 0.3) is 0 Å². The molecule has 1 rings (SSSR count). The Morgan fingerprint density at radius 1 is 1.39 bits per heavy atom. The summed E-state index contributed by atoms with van der Waals surface area (Å²) in [5.74, 6) is -1.29. The SMILES string of the molecule is Cc1cc(N)cc(C(=O)OCCCCCO)c1F. The summed E-state index contributed by atoms with van der Waals surface area (Å²) in [5.41, 5.74) is 6.08. The van der Waals surface area contributed by atoms with Gasteiger partial charge in [-0.05, 0) is 43.9 Å². The maximum atomic E-state index is 13.7. The van der Waals surface area contributed by atoms with Crippen molar-refractivity contribution < 1.29 is 19.0 Å². The second kappa shape index (κ2) is 6.96. The van der Waals surface area contributed by atoms with Crippen LogP contribution in [-0.4, -0.2) is 24.3 Å². The number of aliphatic hydroxyl groups is 1. The summed E-state index contributed by atoms with van der Waals surface area (Å²) in [5, 5.41) is 8.58. The van der Waals surface area contributed by atoms with Gasteiger partial charge in [0.1, 0.15) is 5.82 Å². The number of aliphatic hydroxyl groups excluding tert-OH is 1. The van der Waals surface area contributed by atoms with E-state index in [-0.39, 0.29) is 18.8 Å². The molecule has 4 nitrogen and oxygen atoms in total. The number of halogens is 1. The minimum Gasteiger partial charge on any atom is -0.462 e. The molecule has 0 aliphatic heterocycles. The lowest BCUT2D eigenvalue weighted by molar-refractivity contribution is 0.0491. The van der Waals surface area contributed by atoms with Gasteiger partial charge in [0, 0.05) is 12.3 Å². The Morgan fingerprint density at radius 3 is 2.78 bits per heavy atom. The van der Waals surface area contributed by atoms with E-state index in [2.05, 4.69) is 0 Å². The van der Waals surface area contributed by atoms with Gasteiger partial charge in [0.15, 0.2) is 0 Å². The van der Waals surface area contributed by atoms with Gasteiger partial charge in [0.2, 0.25) is 0 Å². The Hall–Kier alpha value is -1.62. The maximum absolute atomic E-state index is 13.7. The monoisotopic (exact) mass is 255 g/mol. The lowest BCUT2D eigenvalue weighted by Crippen LogP contribution is -2.10.